The Kier molecular flexibility index (Phi) is 5.65. The van der Waals surface area contributed by atoms with Crippen molar-refractivity contribution in [3.8, 4) is 11.3 Å². The Hall–Kier alpha value is -3.93. The van der Waals surface area contributed by atoms with Gasteiger partial charge in [-0.15, -0.1) is 10.2 Å². The number of amides is 1. The highest BCUT2D eigenvalue weighted by Gasteiger charge is 2.23. The first kappa shape index (κ1) is 20.9. The highest BCUT2D eigenvalue weighted by atomic mass is 16.2. The van der Waals surface area contributed by atoms with Crippen LogP contribution in [0.4, 0.5) is 11.5 Å². The molecule has 0 atom stereocenters. The zero-order valence-electron chi connectivity index (χ0n) is 19.0. The second-order valence-corrected chi connectivity index (χ2v) is 8.56. The molecule has 0 N–H and O–H groups in total. The number of fused-ring (bicyclic) bond motifs is 1. The molecule has 1 aliphatic rings. The van der Waals surface area contributed by atoms with E-state index in [1.54, 1.807) is 0 Å². The number of carbonyl (C=O) groups is 1. The van der Waals surface area contributed by atoms with Crippen molar-refractivity contribution in [2.24, 2.45) is 0 Å². The lowest BCUT2D eigenvalue weighted by Crippen LogP contribution is -2.49. The molecule has 1 fully saturated rings. The smallest absolute Gasteiger partial charge is 0.253 e. The molecule has 1 saturated heterocycles. The van der Waals surface area contributed by atoms with Crippen molar-refractivity contribution in [2.75, 3.05) is 50.1 Å². The van der Waals surface area contributed by atoms with E-state index in [1.807, 2.05) is 72.4 Å². The minimum atomic E-state index is 0.0812. The molecule has 0 radical (unpaired) electrons. The number of benzene rings is 3. The zero-order valence-corrected chi connectivity index (χ0v) is 19.0. The second kappa shape index (κ2) is 8.90. The van der Waals surface area contributed by atoms with E-state index in [1.165, 1.54) is 10.8 Å². The fourth-order valence-electron chi connectivity index (χ4n) is 4.22. The Morgan fingerprint density at radius 1 is 0.788 bits per heavy atom. The average molecular weight is 438 g/mol. The van der Waals surface area contributed by atoms with Gasteiger partial charge >= 0.3 is 0 Å². The molecule has 6 heteroatoms. The molecule has 5 rings (SSSR count). The maximum atomic E-state index is 12.9. The van der Waals surface area contributed by atoms with E-state index in [9.17, 15) is 4.79 Å². The molecular weight excluding hydrogens is 410 g/mol. The van der Waals surface area contributed by atoms with Crippen LogP contribution in [0.25, 0.3) is 22.0 Å². The number of carbonyl (C=O) groups excluding carboxylic acids is 1. The number of aromatic nitrogens is 2. The van der Waals surface area contributed by atoms with Crippen LogP contribution in [0.5, 0.6) is 0 Å². The second-order valence-electron chi connectivity index (χ2n) is 8.56. The van der Waals surface area contributed by atoms with Gasteiger partial charge in [0.25, 0.3) is 5.91 Å². The largest absolute Gasteiger partial charge is 0.378 e. The van der Waals surface area contributed by atoms with Crippen molar-refractivity contribution in [3.63, 3.8) is 0 Å². The van der Waals surface area contributed by atoms with E-state index in [2.05, 4.69) is 45.4 Å². The summed E-state index contributed by atoms with van der Waals surface area (Å²) in [5.74, 6) is 0.930. The molecule has 0 bridgehead atoms. The summed E-state index contributed by atoms with van der Waals surface area (Å²) in [5.41, 5.74) is 3.73. The Morgan fingerprint density at radius 3 is 2.18 bits per heavy atom. The number of anilines is 2. The molecule has 2 heterocycles. The van der Waals surface area contributed by atoms with Gasteiger partial charge in [-0.3, -0.25) is 4.79 Å². The first-order valence-corrected chi connectivity index (χ1v) is 11.2. The van der Waals surface area contributed by atoms with Gasteiger partial charge in [-0.05, 0) is 53.2 Å². The number of rotatable bonds is 4. The first-order chi connectivity index (χ1) is 16.1. The van der Waals surface area contributed by atoms with E-state index in [0.29, 0.717) is 13.1 Å². The molecule has 0 unspecified atom stereocenters. The summed E-state index contributed by atoms with van der Waals surface area (Å²) in [4.78, 5) is 19.0. The summed E-state index contributed by atoms with van der Waals surface area (Å²) in [6.07, 6.45) is 0. The zero-order chi connectivity index (χ0) is 22.8. The van der Waals surface area contributed by atoms with Crippen LogP contribution in [0.2, 0.25) is 0 Å². The number of piperazine rings is 1. The molecule has 6 nitrogen and oxygen atoms in total. The highest BCUT2D eigenvalue weighted by Crippen LogP contribution is 2.24. The molecule has 1 aliphatic heterocycles. The number of hydrogen-bond acceptors (Lipinski definition) is 5. The van der Waals surface area contributed by atoms with Gasteiger partial charge in [0.1, 0.15) is 0 Å². The van der Waals surface area contributed by atoms with Crippen LogP contribution in [0.15, 0.2) is 78.9 Å². The molecule has 1 aromatic heterocycles. The van der Waals surface area contributed by atoms with Gasteiger partial charge in [-0.1, -0.05) is 36.4 Å². The van der Waals surface area contributed by atoms with Crippen molar-refractivity contribution in [1.29, 1.82) is 0 Å². The predicted molar refractivity (Wildman–Crippen MR) is 134 cm³/mol. The van der Waals surface area contributed by atoms with E-state index >= 15 is 0 Å². The van der Waals surface area contributed by atoms with E-state index in [-0.39, 0.29) is 5.91 Å². The molecule has 33 heavy (non-hydrogen) atoms. The van der Waals surface area contributed by atoms with Gasteiger partial charge in [-0.25, -0.2) is 0 Å². The lowest BCUT2D eigenvalue weighted by atomic mass is 10.1. The van der Waals surface area contributed by atoms with Crippen molar-refractivity contribution in [3.05, 3.63) is 84.4 Å². The normalized spacial score (nSPS) is 13.9. The summed E-state index contributed by atoms with van der Waals surface area (Å²) < 4.78 is 0. The van der Waals surface area contributed by atoms with Crippen molar-refractivity contribution in [1.82, 2.24) is 15.1 Å². The number of nitrogens with zero attached hydrogens (tertiary/aromatic N) is 5. The third-order valence-electron chi connectivity index (χ3n) is 6.22. The summed E-state index contributed by atoms with van der Waals surface area (Å²) in [6.45, 7) is 2.82. The van der Waals surface area contributed by atoms with Gasteiger partial charge < -0.3 is 14.7 Å². The van der Waals surface area contributed by atoms with Crippen LogP contribution < -0.4 is 9.80 Å². The maximum Gasteiger partial charge on any atom is 0.253 e. The topological polar surface area (TPSA) is 52.6 Å². The molecule has 1 amide bonds. The van der Waals surface area contributed by atoms with Crippen LogP contribution in [-0.4, -0.2) is 61.3 Å². The molecule has 4 aromatic rings. The van der Waals surface area contributed by atoms with Gasteiger partial charge in [0, 0.05) is 57.1 Å². The molecule has 0 aliphatic carbocycles. The van der Waals surface area contributed by atoms with Gasteiger partial charge in [-0.2, -0.15) is 0 Å². The van der Waals surface area contributed by atoms with Gasteiger partial charge in [0.05, 0.1) is 5.69 Å². The molecule has 166 valence electrons. The summed E-state index contributed by atoms with van der Waals surface area (Å²) in [5, 5.41) is 11.4. The number of hydrogen-bond donors (Lipinski definition) is 0. The minimum absolute atomic E-state index is 0.0812. The standard InChI is InChI=1S/C27H27N5O/c1-30(2)24-11-9-21(10-12-24)27(33)32-17-15-31(16-18-32)26-14-13-25(28-29-26)23-8-7-20-5-3-4-6-22(20)19-23/h3-14,19H,15-18H2,1-2H3. The van der Waals surface area contributed by atoms with Crippen molar-refractivity contribution < 1.29 is 4.79 Å². The van der Waals surface area contributed by atoms with Crippen LogP contribution in [-0.2, 0) is 0 Å². The molecule has 0 saturated carbocycles. The van der Waals surface area contributed by atoms with Crippen molar-refractivity contribution in [2.45, 2.75) is 0 Å². The average Bonchev–Trinajstić information content (AvgIpc) is 2.88. The molecule has 0 spiro atoms. The minimum Gasteiger partial charge on any atom is -0.378 e. The van der Waals surface area contributed by atoms with E-state index < -0.39 is 0 Å². The van der Waals surface area contributed by atoms with Gasteiger partial charge in [0.2, 0.25) is 0 Å². The summed E-state index contributed by atoms with van der Waals surface area (Å²) in [6, 6.07) is 26.5. The first-order valence-electron chi connectivity index (χ1n) is 11.2. The Labute approximate surface area is 194 Å². The third kappa shape index (κ3) is 4.37. The fraction of sp³-hybridized carbons (Fsp3) is 0.222. The fourth-order valence-corrected chi connectivity index (χ4v) is 4.22. The molecule has 3 aromatic carbocycles. The monoisotopic (exact) mass is 437 g/mol. The Bertz CT molecular complexity index is 1260. The highest BCUT2D eigenvalue weighted by molar-refractivity contribution is 5.94. The summed E-state index contributed by atoms with van der Waals surface area (Å²) in [7, 11) is 3.99. The Balaban J connectivity index is 1.23. The maximum absolute atomic E-state index is 12.9. The molecular formula is C27H27N5O. The third-order valence-corrected chi connectivity index (χ3v) is 6.22. The van der Waals surface area contributed by atoms with Crippen LogP contribution >= 0.6 is 0 Å². The van der Waals surface area contributed by atoms with E-state index in [4.69, 9.17) is 0 Å². The van der Waals surface area contributed by atoms with Crippen LogP contribution in [0, 0.1) is 0 Å². The SMILES string of the molecule is CN(C)c1ccc(C(=O)N2CCN(c3ccc(-c4ccc5ccccc5c4)nn3)CC2)cc1. The van der Waals surface area contributed by atoms with E-state index in [0.717, 1.165) is 41.4 Å². The summed E-state index contributed by atoms with van der Waals surface area (Å²) >= 11 is 0. The van der Waals surface area contributed by atoms with Crippen molar-refractivity contribution >= 4 is 28.2 Å². The quantitative estimate of drug-likeness (QED) is 0.476. The lowest BCUT2D eigenvalue weighted by molar-refractivity contribution is 0.0746. The Morgan fingerprint density at radius 2 is 1.52 bits per heavy atom. The van der Waals surface area contributed by atoms with Crippen LogP contribution in [0.3, 0.4) is 0 Å². The lowest BCUT2D eigenvalue weighted by Gasteiger charge is -2.35. The predicted octanol–water partition coefficient (Wildman–Crippen LogP) is 4.33. The van der Waals surface area contributed by atoms with Gasteiger partial charge in [0.15, 0.2) is 5.82 Å². The van der Waals surface area contributed by atoms with Crippen LogP contribution in [0.1, 0.15) is 10.4 Å².